The summed E-state index contributed by atoms with van der Waals surface area (Å²) in [5.41, 5.74) is 8.59. The van der Waals surface area contributed by atoms with E-state index in [1.165, 1.54) is 6.33 Å². The van der Waals surface area contributed by atoms with Crippen LogP contribution in [0, 0.1) is 0 Å². The van der Waals surface area contributed by atoms with Gasteiger partial charge in [-0.15, -0.1) is 0 Å². The highest BCUT2D eigenvalue weighted by Gasteiger charge is 2.44. The number of hydrogen-bond donors (Lipinski definition) is 4. The Hall–Kier alpha value is -2.04. The van der Waals surface area contributed by atoms with Gasteiger partial charge in [-0.25, -0.2) is 9.97 Å². The molecule has 3 aromatic rings. The molecule has 0 spiro atoms. The summed E-state index contributed by atoms with van der Waals surface area (Å²) in [6.45, 7) is -0.392. The third-order valence-electron chi connectivity index (χ3n) is 4.59. The van der Waals surface area contributed by atoms with Crippen LogP contribution in [-0.2, 0) is 4.74 Å². The van der Waals surface area contributed by atoms with Crippen molar-refractivity contribution in [3.05, 3.63) is 46.8 Å². The monoisotopic (exact) mass is 420 g/mol. The van der Waals surface area contributed by atoms with Crippen LogP contribution < -0.4 is 5.73 Å². The molecule has 26 heavy (non-hydrogen) atoms. The number of nitrogen functional groups attached to an aromatic ring is 1. The summed E-state index contributed by atoms with van der Waals surface area (Å²) in [5.74, 6) is 0.288. The molecule has 1 fully saturated rings. The fraction of sp³-hybridized carbons (Fsp3) is 0.294. The SMILES string of the molecule is Nc1ncnc2c([C@@H]3O[C@H](CO)[C@@H](O)[C@H]3O)cn(-c3ccc(Br)cc3)c12. The normalized spacial score (nSPS) is 25.8. The Labute approximate surface area is 157 Å². The first-order valence-corrected chi connectivity index (χ1v) is 8.80. The topological polar surface area (TPSA) is 127 Å². The largest absolute Gasteiger partial charge is 0.394 e. The van der Waals surface area contributed by atoms with E-state index in [-0.39, 0.29) is 5.82 Å². The van der Waals surface area contributed by atoms with Gasteiger partial charge in [-0.3, -0.25) is 0 Å². The number of halogens is 1. The summed E-state index contributed by atoms with van der Waals surface area (Å²) in [5, 5.41) is 29.8. The fourth-order valence-electron chi connectivity index (χ4n) is 3.28. The summed E-state index contributed by atoms with van der Waals surface area (Å²) in [6.07, 6.45) is -0.966. The maximum Gasteiger partial charge on any atom is 0.151 e. The minimum atomic E-state index is -1.19. The van der Waals surface area contributed by atoms with Gasteiger partial charge in [0, 0.05) is 21.9 Å². The molecule has 0 amide bonds. The van der Waals surface area contributed by atoms with Gasteiger partial charge in [0.15, 0.2) is 5.82 Å². The molecule has 0 radical (unpaired) electrons. The number of aromatic nitrogens is 3. The molecule has 1 aliphatic heterocycles. The lowest BCUT2D eigenvalue weighted by Crippen LogP contribution is -2.32. The average Bonchev–Trinajstić information content (AvgIpc) is 3.15. The van der Waals surface area contributed by atoms with Gasteiger partial charge in [0.05, 0.1) is 6.61 Å². The maximum absolute atomic E-state index is 10.4. The van der Waals surface area contributed by atoms with Crippen molar-refractivity contribution in [2.75, 3.05) is 12.3 Å². The van der Waals surface area contributed by atoms with Crippen LogP contribution >= 0.6 is 15.9 Å². The first-order chi connectivity index (χ1) is 12.5. The number of rotatable bonds is 3. The van der Waals surface area contributed by atoms with Crippen molar-refractivity contribution in [1.82, 2.24) is 14.5 Å². The number of nitrogens with zero attached hydrogens (tertiary/aromatic N) is 3. The molecular formula is C17H17BrN4O4. The fourth-order valence-corrected chi connectivity index (χ4v) is 3.54. The first-order valence-electron chi connectivity index (χ1n) is 8.01. The van der Waals surface area contributed by atoms with Crippen LogP contribution in [-0.4, -0.2) is 54.8 Å². The first kappa shape index (κ1) is 17.4. The Morgan fingerprint density at radius 2 is 1.88 bits per heavy atom. The number of aliphatic hydroxyl groups is 3. The minimum absolute atomic E-state index is 0.288. The summed E-state index contributed by atoms with van der Waals surface area (Å²) in [4.78, 5) is 8.36. The van der Waals surface area contributed by atoms with E-state index in [0.717, 1.165) is 10.2 Å². The molecule has 0 bridgehead atoms. The predicted molar refractivity (Wildman–Crippen MR) is 97.7 cm³/mol. The Morgan fingerprint density at radius 1 is 1.15 bits per heavy atom. The lowest BCUT2D eigenvalue weighted by Gasteiger charge is -2.13. The molecule has 4 atom stereocenters. The number of nitrogens with two attached hydrogens (primary N) is 1. The number of benzene rings is 1. The molecule has 3 heterocycles. The molecule has 9 heteroatoms. The van der Waals surface area contributed by atoms with Crippen LogP contribution in [0.25, 0.3) is 16.7 Å². The second kappa shape index (κ2) is 6.60. The number of anilines is 1. The number of fused-ring (bicyclic) bond motifs is 1. The van der Waals surface area contributed by atoms with Crippen molar-refractivity contribution < 1.29 is 20.1 Å². The van der Waals surface area contributed by atoms with Gasteiger partial charge >= 0.3 is 0 Å². The third kappa shape index (κ3) is 2.68. The zero-order valence-corrected chi connectivity index (χ0v) is 15.1. The molecule has 2 aromatic heterocycles. The highest BCUT2D eigenvalue weighted by atomic mass is 79.9. The summed E-state index contributed by atoms with van der Waals surface area (Å²) >= 11 is 3.41. The van der Waals surface area contributed by atoms with Crippen LogP contribution in [0.5, 0.6) is 0 Å². The Balaban J connectivity index is 1.89. The van der Waals surface area contributed by atoms with Crippen LogP contribution in [0.3, 0.4) is 0 Å². The lowest BCUT2D eigenvalue weighted by atomic mass is 10.0. The highest BCUT2D eigenvalue weighted by Crippen LogP contribution is 2.39. The van der Waals surface area contributed by atoms with Crippen molar-refractivity contribution in [2.24, 2.45) is 0 Å². The second-order valence-electron chi connectivity index (χ2n) is 6.15. The van der Waals surface area contributed by atoms with Gasteiger partial charge in [-0.05, 0) is 24.3 Å². The van der Waals surface area contributed by atoms with E-state index >= 15 is 0 Å². The van der Waals surface area contributed by atoms with Gasteiger partial charge in [0.1, 0.15) is 41.8 Å². The van der Waals surface area contributed by atoms with E-state index < -0.39 is 31.0 Å². The van der Waals surface area contributed by atoms with E-state index in [1.807, 2.05) is 28.8 Å². The molecule has 5 N–H and O–H groups in total. The summed E-state index contributed by atoms with van der Waals surface area (Å²) in [7, 11) is 0. The van der Waals surface area contributed by atoms with Crippen LogP contribution in [0.4, 0.5) is 5.82 Å². The molecule has 0 aliphatic carbocycles. The van der Waals surface area contributed by atoms with Gasteiger partial charge in [-0.1, -0.05) is 15.9 Å². The maximum atomic E-state index is 10.4. The van der Waals surface area contributed by atoms with E-state index in [0.29, 0.717) is 16.6 Å². The second-order valence-corrected chi connectivity index (χ2v) is 7.06. The molecule has 1 saturated heterocycles. The molecule has 4 rings (SSSR count). The molecule has 1 aliphatic rings. The number of ether oxygens (including phenoxy) is 1. The van der Waals surface area contributed by atoms with Crippen LogP contribution in [0.1, 0.15) is 11.7 Å². The van der Waals surface area contributed by atoms with Crippen molar-refractivity contribution >= 4 is 32.8 Å². The lowest BCUT2D eigenvalue weighted by molar-refractivity contribution is -0.0224. The van der Waals surface area contributed by atoms with Crippen molar-refractivity contribution in [3.8, 4) is 5.69 Å². The van der Waals surface area contributed by atoms with Crippen molar-refractivity contribution in [2.45, 2.75) is 24.4 Å². The van der Waals surface area contributed by atoms with E-state index in [4.69, 9.17) is 10.5 Å². The molecular weight excluding hydrogens is 404 g/mol. The van der Waals surface area contributed by atoms with Crippen molar-refractivity contribution in [3.63, 3.8) is 0 Å². The van der Waals surface area contributed by atoms with Gasteiger partial charge in [0.2, 0.25) is 0 Å². The average molecular weight is 421 g/mol. The Morgan fingerprint density at radius 3 is 2.54 bits per heavy atom. The highest BCUT2D eigenvalue weighted by molar-refractivity contribution is 9.10. The van der Waals surface area contributed by atoms with Crippen LogP contribution in [0.2, 0.25) is 0 Å². The minimum Gasteiger partial charge on any atom is -0.394 e. The van der Waals surface area contributed by atoms with Crippen molar-refractivity contribution in [1.29, 1.82) is 0 Å². The van der Waals surface area contributed by atoms with E-state index in [9.17, 15) is 15.3 Å². The van der Waals surface area contributed by atoms with E-state index in [1.54, 1.807) is 6.20 Å². The molecule has 136 valence electrons. The Bertz CT molecular complexity index is 946. The molecule has 0 saturated carbocycles. The Kier molecular flexibility index (Phi) is 4.41. The molecule has 1 aromatic carbocycles. The molecule has 8 nitrogen and oxygen atoms in total. The van der Waals surface area contributed by atoms with Crippen LogP contribution in [0.15, 0.2) is 41.3 Å². The zero-order chi connectivity index (χ0) is 18.4. The van der Waals surface area contributed by atoms with Gasteiger partial charge in [-0.2, -0.15) is 0 Å². The quantitative estimate of drug-likeness (QED) is 0.495. The van der Waals surface area contributed by atoms with E-state index in [2.05, 4.69) is 25.9 Å². The molecule has 0 unspecified atom stereocenters. The number of aliphatic hydroxyl groups excluding tert-OH is 3. The summed E-state index contributed by atoms with van der Waals surface area (Å²) in [6, 6.07) is 7.59. The zero-order valence-electron chi connectivity index (χ0n) is 13.5. The number of hydrogen-bond acceptors (Lipinski definition) is 7. The third-order valence-corrected chi connectivity index (χ3v) is 5.12. The standard InChI is InChI=1S/C17H17BrN4O4/c18-8-1-3-9(4-2-8)22-5-10(12-13(22)17(19)21-7-20-12)16-15(25)14(24)11(6-23)26-16/h1-5,7,11,14-16,23-25H,6H2,(H2,19,20,21)/t11-,14-,15-,16+/m1/s1. The van der Waals surface area contributed by atoms with Gasteiger partial charge in [0.25, 0.3) is 0 Å². The summed E-state index contributed by atoms with van der Waals surface area (Å²) < 4.78 is 8.42. The predicted octanol–water partition coefficient (Wildman–Crippen LogP) is 0.919. The smallest absolute Gasteiger partial charge is 0.151 e. The van der Waals surface area contributed by atoms with Gasteiger partial charge < -0.3 is 30.4 Å².